The highest BCUT2D eigenvalue weighted by Gasteiger charge is 2.27. The average molecular weight is 467 g/mol. The topological polar surface area (TPSA) is 59.6 Å². The maximum absolute atomic E-state index is 12.5. The summed E-state index contributed by atoms with van der Waals surface area (Å²) in [6.07, 6.45) is 1.87. The van der Waals surface area contributed by atoms with E-state index in [-0.39, 0.29) is 11.4 Å². The minimum absolute atomic E-state index is 0.113. The molecule has 1 aliphatic rings. The van der Waals surface area contributed by atoms with Crippen LogP contribution in [0.5, 0.6) is 11.5 Å². The van der Waals surface area contributed by atoms with E-state index in [4.69, 9.17) is 21.1 Å². The Morgan fingerprint density at radius 3 is 2.66 bits per heavy atom. The van der Waals surface area contributed by atoms with Crippen molar-refractivity contribution in [3.8, 4) is 11.5 Å². The molecule has 32 heavy (non-hydrogen) atoms. The van der Waals surface area contributed by atoms with Gasteiger partial charge in [-0.05, 0) is 54.5 Å². The van der Waals surface area contributed by atoms with Crippen LogP contribution in [-0.4, -0.2) is 18.5 Å². The van der Waals surface area contributed by atoms with Crippen LogP contribution in [0.4, 0.5) is 5.69 Å². The van der Waals surface area contributed by atoms with Gasteiger partial charge in [-0.3, -0.25) is 4.79 Å². The molecular weight excluding hydrogens is 444 g/mol. The van der Waals surface area contributed by atoms with Gasteiger partial charge in [-0.25, -0.2) is 0 Å². The summed E-state index contributed by atoms with van der Waals surface area (Å²) in [6.45, 7) is 2.41. The predicted molar refractivity (Wildman–Crippen MR) is 131 cm³/mol. The summed E-state index contributed by atoms with van der Waals surface area (Å²) in [7, 11) is 1.63. The molecule has 7 heteroatoms. The van der Waals surface area contributed by atoms with Crippen LogP contribution in [0.15, 0.2) is 71.6 Å². The molecule has 1 heterocycles. The molecule has 1 saturated heterocycles. The van der Waals surface area contributed by atoms with E-state index in [0.717, 1.165) is 33.9 Å². The van der Waals surface area contributed by atoms with Crippen LogP contribution in [0, 0.1) is 6.92 Å². The second-order valence-corrected chi connectivity index (χ2v) is 8.83. The molecule has 2 N–H and O–H groups in total. The first-order chi connectivity index (χ1) is 15.5. The third-order valence-corrected chi connectivity index (χ3v) is 6.30. The Hall–Kier alpha value is -3.09. The van der Waals surface area contributed by atoms with Gasteiger partial charge < -0.3 is 20.1 Å². The first-order valence-electron chi connectivity index (χ1n) is 10.1. The van der Waals surface area contributed by atoms with E-state index in [9.17, 15) is 4.79 Å². The second-order valence-electron chi connectivity index (χ2n) is 7.28. The number of thioether (sulfide) groups is 1. The highest BCUT2D eigenvalue weighted by molar-refractivity contribution is 8.05. The Kier molecular flexibility index (Phi) is 6.93. The van der Waals surface area contributed by atoms with E-state index in [2.05, 4.69) is 10.6 Å². The molecule has 0 spiro atoms. The van der Waals surface area contributed by atoms with Crippen molar-refractivity contribution in [3.63, 3.8) is 0 Å². The third kappa shape index (κ3) is 5.39. The van der Waals surface area contributed by atoms with Gasteiger partial charge in [0.25, 0.3) is 5.91 Å². The van der Waals surface area contributed by atoms with Crippen LogP contribution in [0.2, 0.25) is 5.02 Å². The van der Waals surface area contributed by atoms with E-state index in [1.54, 1.807) is 7.11 Å². The molecule has 0 aliphatic carbocycles. The molecule has 4 rings (SSSR count). The largest absolute Gasteiger partial charge is 0.495 e. The number of hydrogen-bond acceptors (Lipinski definition) is 5. The minimum atomic E-state index is -0.275. The van der Waals surface area contributed by atoms with E-state index < -0.39 is 0 Å². The molecule has 1 aliphatic heterocycles. The maximum atomic E-state index is 12.5. The lowest BCUT2D eigenvalue weighted by Gasteiger charge is -2.16. The minimum Gasteiger partial charge on any atom is -0.495 e. The van der Waals surface area contributed by atoms with Gasteiger partial charge in [-0.15, -0.1) is 0 Å². The van der Waals surface area contributed by atoms with Gasteiger partial charge in [-0.1, -0.05) is 59.8 Å². The van der Waals surface area contributed by atoms with E-state index in [1.165, 1.54) is 11.8 Å². The molecule has 0 aromatic heterocycles. The summed E-state index contributed by atoms with van der Waals surface area (Å²) in [5, 5.41) is 6.96. The lowest BCUT2D eigenvalue weighted by molar-refractivity contribution is -0.116. The molecule has 0 radical (unpaired) electrons. The number of methoxy groups -OCH3 is 1. The summed E-state index contributed by atoms with van der Waals surface area (Å²) in [6, 6.07) is 21.1. The number of halogens is 1. The van der Waals surface area contributed by atoms with Crippen LogP contribution < -0.4 is 20.1 Å². The number of carbonyl (C=O) groups is 1. The molecule has 3 aromatic carbocycles. The van der Waals surface area contributed by atoms with E-state index in [0.29, 0.717) is 16.5 Å². The Morgan fingerprint density at radius 1 is 1.12 bits per heavy atom. The number of rotatable bonds is 7. The number of aryl methyl sites for hydroxylation is 1. The van der Waals surface area contributed by atoms with Crippen molar-refractivity contribution in [1.29, 1.82) is 0 Å². The fraction of sp³-hybridized carbons (Fsp3) is 0.160. The SMILES string of the molecule is COc1ccc(C)cc1NC1NC(=O)/C(=C/c2ccc(OCc3ccccc3Cl)cc2)S1. The molecule has 0 saturated carbocycles. The fourth-order valence-electron chi connectivity index (χ4n) is 3.23. The van der Waals surface area contributed by atoms with Crippen molar-refractivity contribution in [2.75, 3.05) is 12.4 Å². The van der Waals surface area contributed by atoms with Crippen LogP contribution >= 0.6 is 23.4 Å². The number of amides is 1. The maximum Gasteiger partial charge on any atom is 0.260 e. The monoisotopic (exact) mass is 466 g/mol. The molecule has 1 fully saturated rings. The highest BCUT2D eigenvalue weighted by Crippen LogP contribution is 2.33. The lowest BCUT2D eigenvalue weighted by Crippen LogP contribution is -2.31. The number of nitrogens with one attached hydrogen (secondary N) is 2. The smallest absolute Gasteiger partial charge is 0.260 e. The zero-order valence-corrected chi connectivity index (χ0v) is 19.3. The Labute approximate surface area is 196 Å². The van der Waals surface area contributed by atoms with Gasteiger partial charge in [0.1, 0.15) is 18.1 Å². The first-order valence-corrected chi connectivity index (χ1v) is 11.3. The van der Waals surface area contributed by atoms with Gasteiger partial charge >= 0.3 is 0 Å². The summed E-state index contributed by atoms with van der Waals surface area (Å²) < 4.78 is 11.2. The standard InChI is InChI=1S/C25H23ClN2O3S/c1-16-7-12-22(30-2)21(13-16)27-25-28-24(29)23(32-25)14-17-8-10-19(11-9-17)31-15-18-5-3-4-6-20(18)26/h3-14,25,27H,15H2,1-2H3,(H,28,29)/b23-14-. The average Bonchev–Trinajstić information content (AvgIpc) is 3.13. The summed E-state index contributed by atoms with van der Waals surface area (Å²) >= 11 is 7.61. The van der Waals surface area contributed by atoms with E-state index >= 15 is 0 Å². The van der Waals surface area contributed by atoms with Gasteiger partial charge in [0.2, 0.25) is 0 Å². The molecule has 0 bridgehead atoms. The van der Waals surface area contributed by atoms with Crippen molar-refractivity contribution in [2.45, 2.75) is 19.0 Å². The van der Waals surface area contributed by atoms with Gasteiger partial charge in [0.15, 0.2) is 5.50 Å². The summed E-state index contributed by atoms with van der Waals surface area (Å²) in [5.41, 5.74) is 3.52. The first kappa shape index (κ1) is 22.1. The zero-order chi connectivity index (χ0) is 22.5. The van der Waals surface area contributed by atoms with Crippen molar-refractivity contribution < 1.29 is 14.3 Å². The third-order valence-electron chi connectivity index (χ3n) is 4.90. The van der Waals surface area contributed by atoms with Crippen LogP contribution in [0.25, 0.3) is 6.08 Å². The van der Waals surface area contributed by atoms with E-state index in [1.807, 2.05) is 79.7 Å². The molecule has 3 aromatic rings. The summed E-state index contributed by atoms with van der Waals surface area (Å²) in [5.74, 6) is 1.36. The normalized spacial score (nSPS) is 16.7. The Bertz CT molecular complexity index is 1150. The number of benzene rings is 3. The van der Waals surface area contributed by atoms with Gasteiger partial charge in [0.05, 0.1) is 17.7 Å². The van der Waals surface area contributed by atoms with Crippen molar-refractivity contribution in [1.82, 2.24) is 5.32 Å². The summed E-state index contributed by atoms with van der Waals surface area (Å²) in [4.78, 5) is 13.1. The molecule has 1 unspecified atom stereocenters. The van der Waals surface area contributed by atoms with Crippen molar-refractivity contribution in [3.05, 3.63) is 93.3 Å². The van der Waals surface area contributed by atoms with Crippen LogP contribution in [-0.2, 0) is 11.4 Å². The van der Waals surface area contributed by atoms with Crippen LogP contribution in [0.3, 0.4) is 0 Å². The second kappa shape index (κ2) is 10.0. The molecular formula is C25H23ClN2O3S. The molecule has 1 atom stereocenters. The zero-order valence-electron chi connectivity index (χ0n) is 17.7. The van der Waals surface area contributed by atoms with Crippen LogP contribution in [0.1, 0.15) is 16.7 Å². The lowest BCUT2D eigenvalue weighted by atomic mass is 10.2. The van der Waals surface area contributed by atoms with Gasteiger partial charge in [-0.2, -0.15) is 0 Å². The fourth-order valence-corrected chi connectivity index (χ4v) is 4.40. The van der Waals surface area contributed by atoms with Crippen molar-refractivity contribution in [2.24, 2.45) is 0 Å². The molecule has 1 amide bonds. The highest BCUT2D eigenvalue weighted by atomic mass is 35.5. The van der Waals surface area contributed by atoms with Crippen molar-refractivity contribution >= 4 is 41.0 Å². The number of ether oxygens (including phenoxy) is 2. The van der Waals surface area contributed by atoms with Gasteiger partial charge in [0, 0.05) is 10.6 Å². The quantitative estimate of drug-likeness (QED) is 0.428. The number of anilines is 1. The molecule has 164 valence electrons. The number of hydrogen-bond donors (Lipinski definition) is 2. The Morgan fingerprint density at radius 2 is 1.91 bits per heavy atom. The predicted octanol–water partition coefficient (Wildman–Crippen LogP) is 5.84. The molecule has 5 nitrogen and oxygen atoms in total. The number of carbonyl (C=O) groups excluding carboxylic acids is 1. The Balaban J connectivity index is 1.39.